The van der Waals surface area contributed by atoms with Crippen LogP contribution in [0.2, 0.25) is 0 Å². The van der Waals surface area contributed by atoms with E-state index in [2.05, 4.69) is 22.8 Å². The van der Waals surface area contributed by atoms with Gasteiger partial charge in [0.2, 0.25) is 0 Å². The highest BCUT2D eigenvalue weighted by Crippen LogP contribution is 2.40. The van der Waals surface area contributed by atoms with Crippen LogP contribution < -0.4 is 10.6 Å². The standard InChI is InChI=1S/C14H22N2O3/c17-12(18)14(7-4-8-14)10-16-13(19)15-9-11-5-2-1-3-6-11/h1-2,11H,3-10H2,(H,17,18)(H2,15,16,19). The van der Waals surface area contributed by atoms with Crippen LogP contribution in [0, 0.1) is 11.3 Å². The van der Waals surface area contributed by atoms with Gasteiger partial charge in [0, 0.05) is 13.1 Å². The first-order valence-electron chi connectivity index (χ1n) is 7.02. The van der Waals surface area contributed by atoms with Gasteiger partial charge in [0.1, 0.15) is 0 Å². The molecule has 2 aliphatic carbocycles. The number of urea groups is 1. The Kier molecular flexibility index (Phi) is 4.45. The maximum atomic E-state index is 11.7. The zero-order valence-corrected chi connectivity index (χ0v) is 11.2. The highest BCUT2D eigenvalue weighted by atomic mass is 16.4. The van der Waals surface area contributed by atoms with Crippen LogP contribution >= 0.6 is 0 Å². The van der Waals surface area contributed by atoms with Gasteiger partial charge in [0.05, 0.1) is 5.41 Å². The predicted molar refractivity (Wildman–Crippen MR) is 71.8 cm³/mol. The molecule has 3 N–H and O–H groups in total. The molecule has 0 bridgehead atoms. The van der Waals surface area contributed by atoms with Gasteiger partial charge in [-0.15, -0.1) is 0 Å². The second-order valence-corrected chi connectivity index (χ2v) is 5.65. The highest BCUT2D eigenvalue weighted by Gasteiger charge is 2.44. The number of allylic oxidation sites excluding steroid dienone is 2. The third-order valence-electron chi connectivity index (χ3n) is 4.28. The minimum atomic E-state index is -0.795. The molecular weight excluding hydrogens is 244 g/mol. The molecule has 106 valence electrons. The number of carboxylic acids is 1. The van der Waals surface area contributed by atoms with E-state index in [0.29, 0.717) is 25.3 Å². The number of carboxylic acid groups (broad SMARTS) is 1. The average Bonchev–Trinajstić information content (AvgIpc) is 2.36. The molecule has 0 aromatic carbocycles. The Hall–Kier alpha value is -1.52. The molecule has 2 aliphatic rings. The summed E-state index contributed by atoms with van der Waals surface area (Å²) in [6.07, 6.45) is 9.78. The number of aliphatic carboxylic acids is 1. The van der Waals surface area contributed by atoms with Gasteiger partial charge >= 0.3 is 12.0 Å². The van der Waals surface area contributed by atoms with Gasteiger partial charge in [0.25, 0.3) is 0 Å². The van der Waals surface area contributed by atoms with Crippen molar-refractivity contribution in [1.29, 1.82) is 0 Å². The van der Waals surface area contributed by atoms with Gasteiger partial charge in [-0.05, 0) is 38.0 Å². The molecule has 2 rings (SSSR count). The van der Waals surface area contributed by atoms with Crippen LogP contribution in [-0.4, -0.2) is 30.2 Å². The average molecular weight is 266 g/mol. The molecule has 0 aliphatic heterocycles. The molecule has 1 fully saturated rings. The van der Waals surface area contributed by atoms with Gasteiger partial charge < -0.3 is 15.7 Å². The monoisotopic (exact) mass is 266 g/mol. The second kappa shape index (κ2) is 6.08. The molecule has 0 saturated heterocycles. The van der Waals surface area contributed by atoms with Crippen LogP contribution in [0.25, 0.3) is 0 Å². The number of hydrogen-bond acceptors (Lipinski definition) is 2. The van der Waals surface area contributed by atoms with Crippen molar-refractivity contribution >= 4 is 12.0 Å². The van der Waals surface area contributed by atoms with Crippen molar-refractivity contribution < 1.29 is 14.7 Å². The summed E-state index contributed by atoms with van der Waals surface area (Å²) in [6.45, 7) is 0.898. The number of nitrogens with one attached hydrogen (secondary N) is 2. The van der Waals surface area contributed by atoms with E-state index < -0.39 is 11.4 Å². The van der Waals surface area contributed by atoms with Gasteiger partial charge in [-0.3, -0.25) is 4.79 Å². The molecule has 5 heteroatoms. The highest BCUT2D eigenvalue weighted by molar-refractivity contribution is 5.78. The quantitative estimate of drug-likeness (QED) is 0.665. The van der Waals surface area contributed by atoms with Crippen molar-refractivity contribution in [2.24, 2.45) is 11.3 Å². The normalized spacial score (nSPS) is 24.3. The first kappa shape index (κ1) is 13.9. The molecule has 5 nitrogen and oxygen atoms in total. The van der Waals surface area contributed by atoms with E-state index >= 15 is 0 Å². The lowest BCUT2D eigenvalue weighted by Crippen LogP contribution is -2.50. The Morgan fingerprint density at radius 2 is 2.05 bits per heavy atom. The van der Waals surface area contributed by atoms with E-state index in [0.717, 1.165) is 25.7 Å². The summed E-state index contributed by atoms with van der Waals surface area (Å²) < 4.78 is 0. The number of hydrogen-bond donors (Lipinski definition) is 3. The van der Waals surface area contributed by atoms with Gasteiger partial charge in [-0.2, -0.15) is 0 Å². The molecular formula is C14H22N2O3. The van der Waals surface area contributed by atoms with Crippen LogP contribution in [0.1, 0.15) is 38.5 Å². The van der Waals surface area contributed by atoms with E-state index in [1.807, 2.05) is 0 Å². The smallest absolute Gasteiger partial charge is 0.314 e. The number of carbonyl (C=O) groups is 2. The van der Waals surface area contributed by atoms with Gasteiger partial charge in [0.15, 0.2) is 0 Å². The lowest BCUT2D eigenvalue weighted by atomic mass is 9.69. The first-order chi connectivity index (χ1) is 9.12. The maximum Gasteiger partial charge on any atom is 0.314 e. The Morgan fingerprint density at radius 3 is 2.58 bits per heavy atom. The summed E-state index contributed by atoms with van der Waals surface area (Å²) in [5.41, 5.74) is -0.717. The molecule has 0 radical (unpaired) electrons. The van der Waals surface area contributed by atoms with Crippen LogP contribution in [0.15, 0.2) is 12.2 Å². The molecule has 0 heterocycles. The fourth-order valence-electron chi connectivity index (χ4n) is 2.66. The first-order valence-corrected chi connectivity index (χ1v) is 7.02. The van der Waals surface area contributed by atoms with Crippen LogP contribution in [0.3, 0.4) is 0 Å². The molecule has 0 aromatic heterocycles. The molecule has 1 atom stereocenters. The van der Waals surface area contributed by atoms with Crippen molar-refractivity contribution in [2.45, 2.75) is 38.5 Å². The lowest BCUT2D eigenvalue weighted by Gasteiger charge is -2.37. The Bertz CT molecular complexity index is 375. The summed E-state index contributed by atoms with van der Waals surface area (Å²) in [5, 5.41) is 14.7. The van der Waals surface area contributed by atoms with Crippen LogP contribution in [0.4, 0.5) is 4.79 Å². The van der Waals surface area contributed by atoms with E-state index in [-0.39, 0.29) is 12.6 Å². The minimum absolute atomic E-state index is 0.235. The summed E-state index contributed by atoms with van der Waals surface area (Å²) in [4.78, 5) is 22.8. The van der Waals surface area contributed by atoms with Crippen LogP contribution in [-0.2, 0) is 4.79 Å². The Balaban J connectivity index is 1.67. The summed E-state index contributed by atoms with van der Waals surface area (Å²) in [5.74, 6) is -0.288. The molecule has 19 heavy (non-hydrogen) atoms. The fraction of sp³-hybridized carbons (Fsp3) is 0.714. The van der Waals surface area contributed by atoms with E-state index in [1.165, 1.54) is 0 Å². The van der Waals surface area contributed by atoms with Crippen molar-refractivity contribution in [1.82, 2.24) is 10.6 Å². The van der Waals surface area contributed by atoms with Crippen molar-refractivity contribution in [3.05, 3.63) is 12.2 Å². The van der Waals surface area contributed by atoms with Crippen molar-refractivity contribution in [2.75, 3.05) is 13.1 Å². The van der Waals surface area contributed by atoms with E-state index in [4.69, 9.17) is 5.11 Å². The zero-order chi connectivity index (χ0) is 13.7. The summed E-state index contributed by atoms with van der Waals surface area (Å²) in [6, 6.07) is -0.248. The van der Waals surface area contributed by atoms with Crippen molar-refractivity contribution in [3.8, 4) is 0 Å². The van der Waals surface area contributed by atoms with Gasteiger partial charge in [-0.1, -0.05) is 18.6 Å². The minimum Gasteiger partial charge on any atom is -0.481 e. The molecule has 2 amide bonds. The Labute approximate surface area is 113 Å². The topological polar surface area (TPSA) is 78.4 Å². The van der Waals surface area contributed by atoms with E-state index in [1.54, 1.807) is 0 Å². The van der Waals surface area contributed by atoms with Crippen LogP contribution in [0.5, 0.6) is 0 Å². The fourth-order valence-corrected chi connectivity index (χ4v) is 2.66. The third-order valence-corrected chi connectivity index (χ3v) is 4.28. The summed E-state index contributed by atoms with van der Waals surface area (Å²) >= 11 is 0. The Morgan fingerprint density at radius 1 is 1.26 bits per heavy atom. The lowest BCUT2D eigenvalue weighted by molar-refractivity contribution is -0.153. The zero-order valence-electron chi connectivity index (χ0n) is 11.2. The number of carbonyl (C=O) groups excluding carboxylic acids is 1. The van der Waals surface area contributed by atoms with Crippen molar-refractivity contribution in [3.63, 3.8) is 0 Å². The number of amides is 2. The second-order valence-electron chi connectivity index (χ2n) is 5.65. The number of rotatable bonds is 5. The molecule has 1 unspecified atom stereocenters. The SMILES string of the molecule is O=C(NCC1CC=CCC1)NCC1(C(=O)O)CCC1. The molecule has 0 aromatic rings. The largest absolute Gasteiger partial charge is 0.481 e. The third kappa shape index (κ3) is 3.49. The maximum absolute atomic E-state index is 11.7. The molecule has 0 spiro atoms. The molecule has 1 saturated carbocycles. The summed E-state index contributed by atoms with van der Waals surface area (Å²) in [7, 11) is 0. The van der Waals surface area contributed by atoms with Gasteiger partial charge in [-0.25, -0.2) is 4.79 Å². The van der Waals surface area contributed by atoms with E-state index in [9.17, 15) is 9.59 Å². The predicted octanol–water partition coefficient (Wildman–Crippen LogP) is 1.90.